The van der Waals surface area contributed by atoms with Gasteiger partial charge in [-0.1, -0.05) is 68.8 Å². The molecule has 1 saturated carbocycles. The number of hydrogen-bond acceptors (Lipinski definition) is 4. The summed E-state index contributed by atoms with van der Waals surface area (Å²) >= 11 is 0. The Morgan fingerprint density at radius 1 is 0.947 bits per heavy atom. The minimum atomic E-state index is -0.456. The molecule has 0 radical (unpaired) electrons. The van der Waals surface area contributed by atoms with Gasteiger partial charge in [0.05, 0.1) is 13.2 Å². The molecule has 0 spiro atoms. The number of esters is 1. The Kier molecular flexibility index (Phi) is 9.35. The van der Waals surface area contributed by atoms with Crippen LogP contribution in [0.25, 0.3) is 22.3 Å². The highest BCUT2D eigenvalue weighted by Gasteiger charge is 2.20. The van der Waals surface area contributed by atoms with Crippen molar-refractivity contribution in [3.8, 4) is 28.0 Å². The molecule has 4 rings (SSSR count). The van der Waals surface area contributed by atoms with Gasteiger partial charge in [0, 0.05) is 17.6 Å². The standard InChI is InChI=1S/C33H37FO4/c1-22(2)33(36)38-18-16-29-20-28(13-15-32(29)37-19-17-35)30-14-12-27(21-31(30)34)26-10-8-25(9-11-26)24-6-4-23(3)5-7-24/h8-15,20-21,23-24,35H,1,4-7,16-19H2,2-3H3. The number of rotatable bonds is 10. The first-order valence-corrected chi connectivity index (χ1v) is 13.4. The maximum absolute atomic E-state index is 15.4. The lowest BCUT2D eigenvalue weighted by Crippen LogP contribution is -2.10. The fraction of sp³-hybridized carbons (Fsp3) is 0.364. The summed E-state index contributed by atoms with van der Waals surface area (Å²) in [7, 11) is 0. The van der Waals surface area contributed by atoms with Gasteiger partial charge in [0.15, 0.2) is 0 Å². The molecule has 3 aromatic rings. The molecule has 0 aromatic heterocycles. The number of aliphatic hydroxyl groups is 1. The summed E-state index contributed by atoms with van der Waals surface area (Å²) in [4.78, 5) is 11.7. The topological polar surface area (TPSA) is 55.8 Å². The van der Waals surface area contributed by atoms with Crippen molar-refractivity contribution in [2.75, 3.05) is 19.8 Å². The van der Waals surface area contributed by atoms with Crippen LogP contribution in [0.5, 0.6) is 5.75 Å². The van der Waals surface area contributed by atoms with Crippen molar-refractivity contribution in [3.63, 3.8) is 0 Å². The molecule has 1 fully saturated rings. The third-order valence-corrected chi connectivity index (χ3v) is 7.37. The van der Waals surface area contributed by atoms with Crippen LogP contribution < -0.4 is 4.74 Å². The number of benzene rings is 3. The van der Waals surface area contributed by atoms with Gasteiger partial charge < -0.3 is 14.6 Å². The van der Waals surface area contributed by atoms with Gasteiger partial charge >= 0.3 is 5.97 Å². The van der Waals surface area contributed by atoms with Crippen LogP contribution >= 0.6 is 0 Å². The SMILES string of the molecule is C=C(C)C(=O)OCCc1cc(-c2ccc(-c3ccc(C4CCC(C)CC4)cc3)cc2F)ccc1OCCO. The van der Waals surface area contributed by atoms with Crippen LogP contribution in [0.3, 0.4) is 0 Å². The van der Waals surface area contributed by atoms with E-state index in [4.69, 9.17) is 14.6 Å². The molecular formula is C33H37FO4. The van der Waals surface area contributed by atoms with E-state index in [-0.39, 0.29) is 25.6 Å². The molecule has 1 N–H and O–H groups in total. The second kappa shape index (κ2) is 12.9. The molecule has 3 aromatic carbocycles. The molecule has 5 heteroatoms. The monoisotopic (exact) mass is 516 g/mol. The number of ether oxygens (including phenoxy) is 2. The van der Waals surface area contributed by atoms with Crippen molar-refractivity contribution >= 4 is 5.97 Å². The predicted octanol–water partition coefficient (Wildman–Crippen LogP) is 7.49. The van der Waals surface area contributed by atoms with Crippen LogP contribution in [-0.2, 0) is 16.0 Å². The zero-order chi connectivity index (χ0) is 27.1. The molecule has 0 amide bonds. The first kappa shape index (κ1) is 27.6. The zero-order valence-electron chi connectivity index (χ0n) is 22.3. The summed E-state index contributed by atoms with van der Waals surface area (Å²) in [5.41, 5.74) is 5.49. The lowest BCUT2D eigenvalue weighted by atomic mass is 9.79. The molecule has 0 aliphatic heterocycles. The Labute approximate surface area is 225 Å². The van der Waals surface area contributed by atoms with Crippen LogP contribution in [-0.4, -0.2) is 30.9 Å². The molecule has 200 valence electrons. The number of carbonyl (C=O) groups excluding carboxylic acids is 1. The van der Waals surface area contributed by atoms with Crippen molar-refractivity contribution in [3.05, 3.63) is 89.8 Å². The predicted molar refractivity (Wildman–Crippen MR) is 150 cm³/mol. The fourth-order valence-electron chi connectivity index (χ4n) is 5.09. The van der Waals surface area contributed by atoms with Gasteiger partial charge in [-0.3, -0.25) is 0 Å². The summed E-state index contributed by atoms with van der Waals surface area (Å²) in [5, 5.41) is 9.15. The van der Waals surface area contributed by atoms with Crippen LogP contribution in [0.4, 0.5) is 4.39 Å². The van der Waals surface area contributed by atoms with Crippen LogP contribution in [0.2, 0.25) is 0 Å². The number of hydrogen-bond donors (Lipinski definition) is 1. The third-order valence-electron chi connectivity index (χ3n) is 7.37. The number of carbonyl (C=O) groups is 1. The Balaban J connectivity index is 1.52. The largest absolute Gasteiger partial charge is 0.491 e. The summed E-state index contributed by atoms with van der Waals surface area (Å²) in [5.74, 6) is 1.26. The minimum Gasteiger partial charge on any atom is -0.491 e. The molecule has 0 heterocycles. The molecule has 1 aliphatic rings. The molecule has 0 unspecified atom stereocenters. The van der Waals surface area contributed by atoms with E-state index < -0.39 is 5.97 Å². The molecular weight excluding hydrogens is 479 g/mol. The first-order chi connectivity index (χ1) is 18.4. The summed E-state index contributed by atoms with van der Waals surface area (Å²) < 4.78 is 26.2. The van der Waals surface area contributed by atoms with Crippen molar-refractivity contribution in [2.45, 2.75) is 51.9 Å². The Morgan fingerprint density at radius 3 is 2.29 bits per heavy atom. The Hall–Kier alpha value is -3.44. The smallest absolute Gasteiger partial charge is 0.333 e. The normalized spacial score (nSPS) is 17.2. The van der Waals surface area contributed by atoms with E-state index in [1.54, 1.807) is 31.2 Å². The summed E-state index contributed by atoms with van der Waals surface area (Å²) in [6.45, 7) is 7.67. The molecule has 4 nitrogen and oxygen atoms in total. The van der Waals surface area contributed by atoms with E-state index in [2.05, 4.69) is 37.8 Å². The van der Waals surface area contributed by atoms with E-state index in [0.29, 0.717) is 34.8 Å². The van der Waals surface area contributed by atoms with Crippen molar-refractivity contribution in [1.29, 1.82) is 0 Å². The second-order valence-electron chi connectivity index (χ2n) is 10.3. The lowest BCUT2D eigenvalue weighted by molar-refractivity contribution is -0.138. The second-order valence-corrected chi connectivity index (χ2v) is 10.3. The first-order valence-electron chi connectivity index (χ1n) is 13.4. The average Bonchev–Trinajstić information content (AvgIpc) is 2.92. The van der Waals surface area contributed by atoms with Gasteiger partial charge in [-0.05, 0) is 77.6 Å². The van der Waals surface area contributed by atoms with E-state index >= 15 is 4.39 Å². The Morgan fingerprint density at radius 2 is 1.63 bits per heavy atom. The highest BCUT2D eigenvalue weighted by atomic mass is 19.1. The minimum absolute atomic E-state index is 0.122. The zero-order valence-corrected chi connectivity index (χ0v) is 22.3. The average molecular weight is 517 g/mol. The summed E-state index contributed by atoms with van der Waals surface area (Å²) in [6, 6.07) is 19.3. The van der Waals surface area contributed by atoms with E-state index in [0.717, 1.165) is 22.6 Å². The maximum Gasteiger partial charge on any atom is 0.333 e. The molecule has 0 atom stereocenters. The van der Waals surface area contributed by atoms with Gasteiger partial charge in [0.1, 0.15) is 18.2 Å². The number of aliphatic hydroxyl groups excluding tert-OH is 1. The van der Waals surface area contributed by atoms with E-state index in [1.165, 1.54) is 31.2 Å². The molecule has 0 bridgehead atoms. The van der Waals surface area contributed by atoms with Gasteiger partial charge in [-0.2, -0.15) is 0 Å². The van der Waals surface area contributed by atoms with Gasteiger partial charge in [0.2, 0.25) is 0 Å². The van der Waals surface area contributed by atoms with E-state index in [9.17, 15) is 4.79 Å². The maximum atomic E-state index is 15.4. The fourth-order valence-corrected chi connectivity index (χ4v) is 5.09. The third kappa shape index (κ3) is 6.90. The van der Waals surface area contributed by atoms with Gasteiger partial charge in [0.25, 0.3) is 0 Å². The molecule has 38 heavy (non-hydrogen) atoms. The molecule has 0 saturated heterocycles. The summed E-state index contributed by atoms with van der Waals surface area (Å²) in [6.07, 6.45) is 5.45. The Bertz CT molecular complexity index is 1260. The van der Waals surface area contributed by atoms with Crippen molar-refractivity contribution < 1.29 is 23.8 Å². The van der Waals surface area contributed by atoms with E-state index in [1.807, 2.05) is 12.1 Å². The highest BCUT2D eigenvalue weighted by molar-refractivity contribution is 5.86. The molecule has 1 aliphatic carbocycles. The number of halogens is 1. The van der Waals surface area contributed by atoms with Crippen LogP contribution in [0.15, 0.2) is 72.8 Å². The quantitative estimate of drug-likeness (QED) is 0.224. The van der Waals surface area contributed by atoms with Gasteiger partial charge in [-0.25, -0.2) is 9.18 Å². The van der Waals surface area contributed by atoms with Crippen molar-refractivity contribution in [1.82, 2.24) is 0 Å². The van der Waals surface area contributed by atoms with Gasteiger partial charge in [-0.15, -0.1) is 0 Å². The van der Waals surface area contributed by atoms with Crippen LogP contribution in [0.1, 0.15) is 56.6 Å². The van der Waals surface area contributed by atoms with Crippen molar-refractivity contribution in [2.24, 2.45) is 5.92 Å². The van der Waals surface area contributed by atoms with Crippen LogP contribution in [0, 0.1) is 11.7 Å². The highest BCUT2D eigenvalue weighted by Crippen LogP contribution is 2.37. The lowest BCUT2D eigenvalue weighted by Gasteiger charge is -2.26.